The normalized spacial score (nSPS) is 18.6. The highest BCUT2D eigenvalue weighted by Gasteiger charge is 2.34. The van der Waals surface area contributed by atoms with Crippen LogP contribution in [0.15, 0.2) is 34.7 Å². The standard InChI is InChI=1S/C13H15NO.ClH/c14-13(7-3-4-8-13)12-9-10-5-1-2-6-11(10)15-12;/h1-2,5-6,9H,3-4,7-8,14H2;1H. The highest BCUT2D eigenvalue weighted by molar-refractivity contribution is 5.85. The van der Waals surface area contributed by atoms with E-state index in [4.69, 9.17) is 10.2 Å². The number of benzene rings is 1. The summed E-state index contributed by atoms with van der Waals surface area (Å²) in [6, 6.07) is 10.2. The van der Waals surface area contributed by atoms with Crippen molar-refractivity contribution in [1.29, 1.82) is 0 Å². The van der Waals surface area contributed by atoms with Crippen molar-refractivity contribution in [2.24, 2.45) is 5.73 Å². The van der Waals surface area contributed by atoms with Crippen molar-refractivity contribution in [2.75, 3.05) is 0 Å². The molecule has 0 saturated heterocycles. The molecule has 0 bridgehead atoms. The first-order valence-corrected chi connectivity index (χ1v) is 5.56. The van der Waals surface area contributed by atoms with Crippen molar-refractivity contribution in [3.8, 4) is 0 Å². The third-order valence-corrected chi connectivity index (χ3v) is 3.41. The lowest BCUT2D eigenvalue weighted by atomic mass is 9.96. The predicted octanol–water partition coefficient (Wildman–Crippen LogP) is 3.58. The zero-order chi connectivity index (χ0) is 10.3. The molecule has 2 nitrogen and oxygen atoms in total. The fourth-order valence-electron chi connectivity index (χ4n) is 2.48. The van der Waals surface area contributed by atoms with Crippen LogP contribution in [-0.2, 0) is 5.54 Å². The van der Waals surface area contributed by atoms with Gasteiger partial charge in [-0.1, -0.05) is 31.0 Å². The van der Waals surface area contributed by atoms with Crippen LogP contribution in [0.4, 0.5) is 0 Å². The maximum Gasteiger partial charge on any atom is 0.134 e. The van der Waals surface area contributed by atoms with E-state index in [-0.39, 0.29) is 17.9 Å². The highest BCUT2D eigenvalue weighted by Crippen LogP contribution is 2.38. The van der Waals surface area contributed by atoms with Gasteiger partial charge in [-0.05, 0) is 25.0 Å². The molecule has 0 atom stereocenters. The SMILES string of the molecule is Cl.NC1(c2cc3ccccc3o2)CCCC1. The summed E-state index contributed by atoms with van der Waals surface area (Å²) in [7, 11) is 0. The first-order valence-electron chi connectivity index (χ1n) is 5.56. The Morgan fingerprint density at radius 1 is 1.12 bits per heavy atom. The molecule has 16 heavy (non-hydrogen) atoms. The average molecular weight is 238 g/mol. The van der Waals surface area contributed by atoms with Gasteiger partial charge in [0.2, 0.25) is 0 Å². The van der Waals surface area contributed by atoms with Crippen molar-refractivity contribution in [3.63, 3.8) is 0 Å². The fourth-order valence-corrected chi connectivity index (χ4v) is 2.48. The number of hydrogen-bond donors (Lipinski definition) is 1. The number of rotatable bonds is 1. The van der Waals surface area contributed by atoms with Crippen LogP contribution in [-0.4, -0.2) is 0 Å². The quantitative estimate of drug-likeness (QED) is 0.824. The van der Waals surface area contributed by atoms with Gasteiger partial charge in [0.15, 0.2) is 0 Å². The topological polar surface area (TPSA) is 39.2 Å². The second-order valence-corrected chi connectivity index (χ2v) is 4.51. The minimum Gasteiger partial charge on any atom is -0.459 e. The molecular formula is C13H16ClNO. The van der Waals surface area contributed by atoms with Crippen LogP contribution in [0.2, 0.25) is 0 Å². The van der Waals surface area contributed by atoms with Crippen LogP contribution in [0.1, 0.15) is 31.4 Å². The van der Waals surface area contributed by atoms with Crippen molar-refractivity contribution in [1.82, 2.24) is 0 Å². The van der Waals surface area contributed by atoms with Crippen LogP contribution < -0.4 is 5.73 Å². The Balaban J connectivity index is 0.000000963. The third kappa shape index (κ3) is 1.72. The third-order valence-electron chi connectivity index (χ3n) is 3.41. The van der Waals surface area contributed by atoms with Gasteiger partial charge in [-0.3, -0.25) is 0 Å². The summed E-state index contributed by atoms with van der Waals surface area (Å²) in [5.74, 6) is 0.959. The monoisotopic (exact) mass is 237 g/mol. The van der Waals surface area contributed by atoms with E-state index in [2.05, 4.69) is 12.1 Å². The van der Waals surface area contributed by atoms with Gasteiger partial charge in [-0.2, -0.15) is 0 Å². The summed E-state index contributed by atoms with van der Waals surface area (Å²) in [4.78, 5) is 0. The van der Waals surface area contributed by atoms with E-state index in [0.717, 1.165) is 29.6 Å². The average Bonchev–Trinajstić information content (AvgIpc) is 2.84. The van der Waals surface area contributed by atoms with E-state index in [1.165, 1.54) is 12.8 Å². The molecule has 2 aromatic rings. The van der Waals surface area contributed by atoms with Crippen molar-refractivity contribution in [2.45, 2.75) is 31.2 Å². The number of hydrogen-bond acceptors (Lipinski definition) is 2. The molecule has 1 aliphatic carbocycles. The Labute approximate surface area is 101 Å². The van der Waals surface area contributed by atoms with E-state index in [0.29, 0.717) is 0 Å². The fraction of sp³-hybridized carbons (Fsp3) is 0.385. The van der Waals surface area contributed by atoms with Crippen LogP contribution in [0.5, 0.6) is 0 Å². The first-order chi connectivity index (χ1) is 7.28. The molecule has 3 heteroatoms. The maximum atomic E-state index is 6.35. The van der Waals surface area contributed by atoms with Crippen LogP contribution >= 0.6 is 12.4 Å². The summed E-state index contributed by atoms with van der Waals surface area (Å²) >= 11 is 0. The molecule has 1 fully saturated rings. The van der Waals surface area contributed by atoms with Gasteiger partial charge in [0, 0.05) is 5.39 Å². The molecule has 0 amide bonds. The van der Waals surface area contributed by atoms with Crippen LogP contribution in [0.25, 0.3) is 11.0 Å². The molecule has 1 aromatic heterocycles. The first kappa shape index (κ1) is 11.5. The van der Waals surface area contributed by atoms with Gasteiger partial charge in [0.25, 0.3) is 0 Å². The Kier molecular flexibility index (Phi) is 2.96. The Bertz CT molecular complexity index is 452. The summed E-state index contributed by atoms with van der Waals surface area (Å²) in [5.41, 5.74) is 7.09. The number of furan rings is 1. The van der Waals surface area contributed by atoms with Gasteiger partial charge >= 0.3 is 0 Å². The molecule has 1 aliphatic rings. The lowest BCUT2D eigenvalue weighted by molar-refractivity contribution is 0.362. The molecule has 1 heterocycles. The van der Waals surface area contributed by atoms with Crippen molar-refractivity contribution >= 4 is 23.4 Å². The lowest BCUT2D eigenvalue weighted by Crippen LogP contribution is -2.32. The minimum absolute atomic E-state index is 0. The predicted molar refractivity (Wildman–Crippen MR) is 67.8 cm³/mol. The summed E-state index contributed by atoms with van der Waals surface area (Å²) in [6.45, 7) is 0. The smallest absolute Gasteiger partial charge is 0.134 e. The van der Waals surface area contributed by atoms with Crippen LogP contribution in [0, 0.1) is 0 Å². The van der Waals surface area contributed by atoms with Crippen molar-refractivity contribution < 1.29 is 4.42 Å². The molecule has 0 unspecified atom stereocenters. The highest BCUT2D eigenvalue weighted by atomic mass is 35.5. The van der Waals surface area contributed by atoms with E-state index in [1.807, 2.05) is 18.2 Å². The van der Waals surface area contributed by atoms with Gasteiger partial charge in [-0.25, -0.2) is 0 Å². The Hall–Kier alpha value is -0.990. The Morgan fingerprint density at radius 3 is 2.50 bits per heavy atom. The Morgan fingerprint density at radius 2 is 1.81 bits per heavy atom. The summed E-state index contributed by atoms with van der Waals surface area (Å²) < 4.78 is 5.83. The van der Waals surface area contributed by atoms with E-state index < -0.39 is 0 Å². The zero-order valence-electron chi connectivity index (χ0n) is 9.11. The molecule has 3 rings (SSSR count). The number of nitrogens with two attached hydrogens (primary N) is 1. The zero-order valence-corrected chi connectivity index (χ0v) is 9.93. The number of halogens is 1. The number of para-hydroxylation sites is 1. The van der Waals surface area contributed by atoms with E-state index >= 15 is 0 Å². The molecule has 1 saturated carbocycles. The molecular weight excluding hydrogens is 222 g/mol. The molecule has 0 spiro atoms. The maximum absolute atomic E-state index is 6.35. The molecule has 2 N–H and O–H groups in total. The molecule has 86 valence electrons. The summed E-state index contributed by atoms with van der Waals surface area (Å²) in [5, 5.41) is 1.16. The van der Waals surface area contributed by atoms with Gasteiger partial charge < -0.3 is 10.2 Å². The molecule has 1 aromatic carbocycles. The van der Waals surface area contributed by atoms with Crippen molar-refractivity contribution in [3.05, 3.63) is 36.1 Å². The minimum atomic E-state index is -0.209. The van der Waals surface area contributed by atoms with Crippen LogP contribution in [0.3, 0.4) is 0 Å². The van der Waals surface area contributed by atoms with E-state index in [9.17, 15) is 0 Å². The largest absolute Gasteiger partial charge is 0.459 e. The summed E-state index contributed by atoms with van der Waals surface area (Å²) in [6.07, 6.45) is 4.53. The second kappa shape index (κ2) is 4.11. The molecule has 0 aliphatic heterocycles. The van der Waals surface area contributed by atoms with Gasteiger partial charge in [0.1, 0.15) is 11.3 Å². The van der Waals surface area contributed by atoms with Gasteiger partial charge in [0.05, 0.1) is 5.54 Å². The molecule has 0 radical (unpaired) electrons. The second-order valence-electron chi connectivity index (χ2n) is 4.51. The van der Waals surface area contributed by atoms with E-state index in [1.54, 1.807) is 0 Å². The van der Waals surface area contributed by atoms with Gasteiger partial charge in [-0.15, -0.1) is 12.4 Å². The lowest BCUT2D eigenvalue weighted by Gasteiger charge is -2.19. The number of fused-ring (bicyclic) bond motifs is 1.